The Morgan fingerprint density at radius 3 is 2.86 bits per heavy atom. The van der Waals surface area contributed by atoms with E-state index >= 15 is 0 Å². The molecule has 2 aromatic heterocycles. The molecule has 1 aliphatic heterocycles. The smallest absolute Gasteiger partial charge is 0.342 e. The number of benzene rings is 1. The van der Waals surface area contributed by atoms with Crippen LogP contribution in [0.25, 0.3) is 11.0 Å². The van der Waals surface area contributed by atoms with Crippen LogP contribution in [0.2, 0.25) is 0 Å². The lowest BCUT2D eigenvalue weighted by molar-refractivity contribution is -0.132. The second-order valence-electron chi connectivity index (χ2n) is 7.54. The van der Waals surface area contributed by atoms with E-state index in [-0.39, 0.29) is 17.5 Å². The Hall–Kier alpha value is -2.96. The number of H-pyrrole nitrogens is 1. The van der Waals surface area contributed by atoms with Crippen LogP contribution in [0.3, 0.4) is 0 Å². The highest BCUT2D eigenvalue weighted by atomic mass is 16.2. The number of rotatable bonds is 4. The number of nitrogens with one attached hydrogen (secondary N) is 1. The summed E-state index contributed by atoms with van der Waals surface area (Å²) in [5, 5.41) is 0. The van der Waals surface area contributed by atoms with Gasteiger partial charge in [-0.25, -0.2) is 9.78 Å². The molecule has 0 aliphatic carbocycles. The van der Waals surface area contributed by atoms with Gasteiger partial charge in [0.2, 0.25) is 5.91 Å². The van der Waals surface area contributed by atoms with Crippen LogP contribution in [-0.4, -0.2) is 43.4 Å². The number of amides is 1. The molecule has 3 aromatic rings. The molecule has 7 heteroatoms. The predicted molar refractivity (Wildman–Crippen MR) is 107 cm³/mol. The van der Waals surface area contributed by atoms with Crippen molar-refractivity contribution < 1.29 is 4.79 Å². The molecule has 0 unspecified atom stereocenters. The second kappa shape index (κ2) is 7.58. The van der Waals surface area contributed by atoms with Crippen LogP contribution < -0.4 is 5.69 Å². The largest absolute Gasteiger partial charge is 0.347 e. The van der Waals surface area contributed by atoms with Crippen LogP contribution in [0.5, 0.6) is 0 Å². The fourth-order valence-corrected chi connectivity index (χ4v) is 4.00. The summed E-state index contributed by atoms with van der Waals surface area (Å²) in [6, 6.07) is 9.85. The first-order valence-corrected chi connectivity index (χ1v) is 9.79. The zero-order valence-corrected chi connectivity index (χ0v) is 16.3. The Bertz CT molecular complexity index is 1040. The van der Waals surface area contributed by atoms with E-state index in [1.807, 2.05) is 42.2 Å². The van der Waals surface area contributed by atoms with Crippen molar-refractivity contribution in [3.63, 3.8) is 0 Å². The lowest BCUT2D eigenvalue weighted by Gasteiger charge is -2.32. The number of aryl methyl sites for hydroxylation is 2. The summed E-state index contributed by atoms with van der Waals surface area (Å²) >= 11 is 0. The van der Waals surface area contributed by atoms with Crippen molar-refractivity contribution >= 4 is 16.9 Å². The van der Waals surface area contributed by atoms with Gasteiger partial charge in [-0.3, -0.25) is 9.36 Å². The number of hydrogen-bond donors (Lipinski definition) is 1. The molecular weight excluding hydrogens is 354 g/mol. The fraction of sp³-hybridized carbons (Fsp3) is 0.429. The summed E-state index contributed by atoms with van der Waals surface area (Å²) in [7, 11) is 0. The maximum absolute atomic E-state index is 12.8. The molecule has 1 atom stereocenters. The number of fused-ring (bicyclic) bond motifs is 1. The molecule has 0 spiro atoms. The molecule has 1 aromatic carbocycles. The Morgan fingerprint density at radius 1 is 1.25 bits per heavy atom. The van der Waals surface area contributed by atoms with E-state index in [4.69, 9.17) is 4.98 Å². The summed E-state index contributed by atoms with van der Waals surface area (Å²) in [6.45, 7) is 5.46. The van der Waals surface area contributed by atoms with Gasteiger partial charge < -0.3 is 9.88 Å². The number of hydrogen-bond acceptors (Lipinski definition) is 4. The van der Waals surface area contributed by atoms with Crippen LogP contribution >= 0.6 is 0 Å². The van der Waals surface area contributed by atoms with Gasteiger partial charge in [0.1, 0.15) is 5.82 Å². The second-order valence-corrected chi connectivity index (χ2v) is 7.54. The standard InChI is InChI=1S/C21H25N5O2/c1-14-12-15(2)26(21(28)22-14)11-9-19(27)25-10-5-6-16(13-25)20-23-17-7-3-4-8-18(17)24-20/h3-4,7-8,12,16H,5-6,9-11,13H2,1-2H3,(H,23,24)/t16-/m0/s1. The lowest BCUT2D eigenvalue weighted by atomic mass is 9.97. The molecule has 0 bridgehead atoms. The minimum atomic E-state index is -0.288. The lowest BCUT2D eigenvalue weighted by Crippen LogP contribution is -2.40. The molecule has 0 saturated carbocycles. The Labute approximate surface area is 163 Å². The molecule has 7 nitrogen and oxygen atoms in total. The molecule has 1 aliphatic rings. The van der Waals surface area contributed by atoms with Gasteiger partial charge in [-0.2, -0.15) is 4.98 Å². The number of imidazole rings is 1. The number of aromatic nitrogens is 4. The van der Waals surface area contributed by atoms with E-state index in [0.717, 1.165) is 41.9 Å². The SMILES string of the molecule is Cc1cc(C)n(CCC(=O)N2CCC[C@H](c3nc4ccccc4[nH]3)C2)c(=O)n1. The third-order valence-electron chi connectivity index (χ3n) is 5.46. The molecule has 1 N–H and O–H groups in total. The van der Waals surface area contributed by atoms with Crippen molar-refractivity contribution in [1.29, 1.82) is 0 Å². The third-order valence-corrected chi connectivity index (χ3v) is 5.46. The minimum absolute atomic E-state index is 0.0766. The first-order chi connectivity index (χ1) is 13.5. The van der Waals surface area contributed by atoms with Crippen LogP contribution in [-0.2, 0) is 11.3 Å². The van der Waals surface area contributed by atoms with Crippen LogP contribution in [0, 0.1) is 13.8 Å². The van der Waals surface area contributed by atoms with Gasteiger partial charge in [0.15, 0.2) is 0 Å². The first-order valence-electron chi connectivity index (χ1n) is 9.79. The van der Waals surface area contributed by atoms with E-state index in [1.165, 1.54) is 0 Å². The topological polar surface area (TPSA) is 83.9 Å². The van der Waals surface area contributed by atoms with Crippen LogP contribution in [0.15, 0.2) is 35.1 Å². The Morgan fingerprint density at radius 2 is 2.07 bits per heavy atom. The summed E-state index contributed by atoms with van der Waals surface area (Å²) < 4.78 is 1.57. The van der Waals surface area contributed by atoms with Crippen molar-refractivity contribution in [3.8, 4) is 0 Å². The molecule has 1 amide bonds. The van der Waals surface area contributed by atoms with E-state index in [1.54, 1.807) is 11.5 Å². The third kappa shape index (κ3) is 3.69. The van der Waals surface area contributed by atoms with Gasteiger partial charge in [0, 0.05) is 43.4 Å². The molecular formula is C21H25N5O2. The highest BCUT2D eigenvalue weighted by Gasteiger charge is 2.26. The van der Waals surface area contributed by atoms with Gasteiger partial charge in [-0.05, 0) is 44.9 Å². The van der Waals surface area contributed by atoms with Gasteiger partial charge in [-0.15, -0.1) is 0 Å². The Balaban J connectivity index is 1.43. The quantitative estimate of drug-likeness (QED) is 0.755. The van der Waals surface area contributed by atoms with Gasteiger partial charge in [0.05, 0.1) is 11.0 Å². The summed E-state index contributed by atoms with van der Waals surface area (Å²) in [5.74, 6) is 1.25. The molecule has 1 fully saturated rings. The summed E-state index contributed by atoms with van der Waals surface area (Å²) in [5.41, 5.74) is 3.24. The van der Waals surface area contributed by atoms with Gasteiger partial charge in [0.25, 0.3) is 0 Å². The molecule has 3 heterocycles. The number of para-hydroxylation sites is 2. The van der Waals surface area contributed by atoms with Crippen LogP contribution in [0.1, 0.15) is 42.4 Å². The average Bonchev–Trinajstić information content (AvgIpc) is 3.11. The number of likely N-dealkylation sites (tertiary alicyclic amines) is 1. The minimum Gasteiger partial charge on any atom is -0.342 e. The highest BCUT2D eigenvalue weighted by Crippen LogP contribution is 2.27. The molecule has 4 rings (SSSR count). The van der Waals surface area contributed by atoms with E-state index in [2.05, 4.69) is 9.97 Å². The number of carbonyl (C=O) groups is 1. The first kappa shape index (κ1) is 18.4. The average molecular weight is 379 g/mol. The number of aromatic amines is 1. The fourth-order valence-electron chi connectivity index (χ4n) is 4.00. The van der Waals surface area contributed by atoms with E-state index < -0.39 is 0 Å². The zero-order valence-electron chi connectivity index (χ0n) is 16.3. The number of nitrogens with zero attached hydrogens (tertiary/aromatic N) is 4. The maximum Gasteiger partial charge on any atom is 0.347 e. The van der Waals surface area contributed by atoms with Crippen LogP contribution in [0.4, 0.5) is 0 Å². The van der Waals surface area contributed by atoms with Gasteiger partial charge >= 0.3 is 5.69 Å². The van der Waals surface area contributed by atoms with Crippen molar-refractivity contribution in [1.82, 2.24) is 24.4 Å². The molecule has 1 saturated heterocycles. The Kier molecular flexibility index (Phi) is 4.98. The molecule has 28 heavy (non-hydrogen) atoms. The van der Waals surface area contributed by atoms with E-state index in [9.17, 15) is 9.59 Å². The van der Waals surface area contributed by atoms with Crippen molar-refractivity contribution in [2.24, 2.45) is 0 Å². The summed E-state index contributed by atoms with van der Waals surface area (Å²) in [4.78, 5) is 38.8. The molecule has 146 valence electrons. The van der Waals surface area contributed by atoms with Gasteiger partial charge in [-0.1, -0.05) is 12.1 Å². The number of carbonyl (C=O) groups excluding carboxylic acids is 1. The van der Waals surface area contributed by atoms with E-state index in [0.29, 0.717) is 25.2 Å². The number of piperidine rings is 1. The maximum atomic E-state index is 12.8. The van der Waals surface area contributed by atoms with Crippen molar-refractivity contribution in [3.05, 3.63) is 58.0 Å². The van der Waals surface area contributed by atoms with Crippen molar-refractivity contribution in [2.75, 3.05) is 13.1 Å². The molecule has 0 radical (unpaired) electrons. The summed E-state index contributed by atoms with van der Waals surface area (Å²) in [6.07, 6.45) is 2.28. The monoisotopic (exact) mass is 379 g/mol. The normalized spacial score (nSPS) is 17.2. The predicted octanol–water partition coefficient (Wildman–Crippen LogP) is 2.53. The van der Waals surface area contributed by atoms with Crippen molar-refractivity contribution in [2.45, 2.75) is 45.6 Å². The zero-order chi connectivity index (χ0) is 19.7. The highest BCUT2D eigenvalue weighted by molar-refractivity contribution is 5.77.